The number of nitrogens with zero attached hydrogens (tertiary/aromatic N) is 5. The third kappa shape index (κ3) is 3.24. The molecule has 3 rings (SSSR count). The van der Waals surface area contributed by atoms with Crippen molar-refractivity contribution in [3.05, 3.63) is 36.0 Å². The van der Waals surface area contributed by atoms with E-state index in [9.17, 15) is 4.79 Å². The Morgan fingerprint density at radius 1 is 1.43 bits per heavy atom. The topological polar surface area (TPSA) is 85.0 Å². The van der Waals surface area contributed by atoms with Crippen LogP contribution in [0.15, 0.2) is 23.2 Å². The Bertz CT molecular complexity index is 613. The van der Waals surface area contributed by atoms with Crippen LogP contribution in [-0.4, -0.2) is 44.0 Å². The van der Waals surface area contributed by atoms with Gasteiger partial charge in [0.15, 0.2) is 5.82 Å². The zero-order valence-electron chi connectivity index (χ0n) is 11.9. The Labute approximate surface area is 122 Å². The Balaban J connectivity index is 1.52. The van der Waals surface area contributed by atoms with Gasteiger partial charge in [-0.1, -0.05) is 5.16 Å². The lowest BCUT2D eigenvalue weighted by Gasteiger charge is -2.15. The summed E-state index contributed by atoms with van der Waals surface area (Å²) in [4.78, 5) is 26.1. The number of aromatic nitrogens is 4. The summed E-state index contributed by atoms with van der Waals surface area (Å²) in [6, 6.07) is 0. The van der Waals surface area contributed by atoms with E-state index < -0.39 is 0 Å². The number of rotatable bonds is 4. The van der Waals surface area contributed by atoms with Crippen molar-refractivity contribution < 1.29 is 9.32 Å². The minimum atomic E-state index is 0.00788. The summed E-state index contributed by atoms with van der Waals surface area (Å²) >= 11 is 0. The second-order valence-corrected chi connectivity index (χ2v) is 5.30. The van der Waals surface area contributed by atoms with Crippen LogP contribution in [0.5, 0.6) is 0 Å². The van der Waals surface area contributed by atoms with Crippen molar-refractivity contribution in [3.8, 4) is 0 Å². The van der Waals surface area contributed by atoms with E-state index in [-0.39, 0.29) is 5.91 Å². The van der Waals surface area contributed by atoms with Gasteiger partial charge in [0.25, 0.3) is 5.91 Å². The minimum Gasteiger partial charge on any atom is -0.340 e. The molecule has 1 amide bonds. The largest absolute Gasteiger partial charge is 0.340 e. The van der Waals surface area contributed by atoms with Gasteiger partial charge >= 0.3 is 0 Å². The van der Waals surface area contributed by atoms with E-state index >= 15 is 0 Å². The first-order chi connectivity index (χ1) is 10.2. The predicted molar refractivity (Wildman–Crippen MR) is 73.4 cm³/mol. The van der Waals surface area contributed by atoms with E-state index in [1.54, 1.807) is 19.3 Å². The summed E-state index contributed by atoms with van der Waals surface area (Å²) in [6.45, 7) is 3.34. The van der Waals surface area contributed by atoms with Gasteiger partial charge < -0.3 is 9.42 Å². The lowest BCUT2D eigenvalue weighted by molar-refractivity contribution is 0.0785. The van der Waals surface area contributed by atoms with Crippen LogP contribution in [0.25, 0.3) is 0 Å². The molecular weight excluding hydrogens is 270 g/mol. The number of carbonyl (C=O) groups excluding carboxylic acids is 1. The molecule has 0 bridgehead atoms. The van der Waals surface area contributed by atoms with Crippen LogP contribution in [0.1, 0.15) is 34.9 Å². The quantitative estimate of drug-likeness (QED) is 0.841. The predicted octanol–water partition coefficient (Wildman–Crippen LogP) is 1.26. The SMILES string of the molecule is Cc1nc(CCC2CCN(C(=O)c3cncnc3)C2)no1. The van der Waals surface area contributed by atoms with Crippen LogP contribution < -0.4 is 0 Å². The molecule has 0 aromatic carbocycles. The Morgan fingerprint density at radius 2 is 2.24 bits per heavy atom. The summed E-state index contributed by atoms with van der Waals surface area (Å²) in [7, 11) is 0. The number of aryl methyl sites for hydroxylation is 2. The fourth-order valence-corrected chi connectivity index (χ4v) is 2.62. The van der Waals surface area contributed by atoms with Gasteiger partial charge in [-0.15, -0.1) is 0 Å². The standard InChI is InChI=1S/C14H17N5O2/c1-10-17-13(18-21-10)3-2-11-4-5-19(8-11)14(20)12-6-15-9-16-7-12/h6-7,9,11H,2-5,8H2,1H3. The highest BCUT2D eigenvalue weighted by Gasteiger charge is 2.27. The summed E-state index contributed by atoms with van der Waals surface area (Å²) in [6.07, 6.45) is 7.31. The summed E-state index contributed by atoms with van der Waals surface area (Å²) < 4.78 is 4.96. The highest BCUT2D eigenvalue weighted by Crippen LogP contribution is 2.22. The molecule has 0 N–H and O–H groups in total. The van der Waals surface area contributed by atoms with E-state index in [1.165, 1.54) is 6.33 Å². The normalized spacial score (nSPS) is 18.1. The number of carbonyl (C=O) groups is 1. The number of hydrogen-bond donors (Lipinski definition) is 0. The van der Waals surface area contributed by atoms with Crippen molar-refractivity contribution in [3.63, 3.8) is 0 Å². The number of hydrogen-bond acceptors (Lipinski definition) is 6. The number of likely N-dealkylation sites (tertiary alicyclic amines) is 1. The van der Waals surface area contributed by atoms with Gasteiger partial charge in [-0.2, -0.15) is 4.98 Å². The van der Waals surface area contributed by atoms with Crippen LogP contribution in [0.3, 0.4) is 0 Å². The fraction of sp³-hybridized carbons (Fsp3) is 0.500. The van der Waals surface area contributed by atoms with Crippen molar-refractivity contribution in [1.82, 2.24) is 25.0 Å². The molecule has 1 atom stereocenters. The van der Waals surface area contributed by atoms with Crippen LogP contribution >= 0.6 is 0 Å². The lowest BCUT2D eigenvalue weighted by atomic mass is 10.0. The zero-order chi connectivity index (χ0) is 14.7. The van der Waals surface area contributed by atoms with Crippen LogP contribution in [-0.2, 0) is 6.42 Å². The molecule has 2 aromatic heterocycles. The maximum atomic E-state index is 12.3. The van der Waals surface area contributed by atoms with E-state index in [4.69, 9.17) is 4.52 Å². The fourth-order valence-electron chi connectivity index (χ4n) is 2.62. The second kappa shape index (κ2) is 5.99. The van der Waals surface area contributed by atoms with Crippen molar-refractivity contribution in [2.75, 3.05) is 13.1 Å². The average Bonchev–Trinajstić information content (AvgIpc) is 3.14. The Hall–Kier alpha value is -2.31. The zero-order valence-corrected chi connectivity index (χ0v) is 11.9. The molecule has 1 unspecified atom stereocenters. The molecule has 1 saturated heterocycles. The molecule has 110 valence electrons. The average molecular weight is 287 g/mol. The van der Waals surface area contributed by atoms with Gasteiger partial charge in [-0.25, -0.2) is 9.97 Å². The molecule has 3 heterocycles. The van der Waals surface area contributed by atoms with Crippen LogP contribution in [0.4, 0.5) is 0 Å². The molecule has 2 aromatic rings. The van der Waals surface area contributed by atoms with Crippen molar-refractivity contribution in [2.24, 2.45) is 5.92 Å². The van der Waals surface area contributed by atoms with Gasteiger partial charge in [0, 0.05) is 38.8 Å². The van der Waals surface area contributed by atoms with Crippen molar-refractivity contribution in [2.45, 2.75) is 26.2 Å². The molecule has 7 heteroatoms. The minimum absolute atomic E-state index is 0.00788. The molecule has 1 fully saturated rings. The third-order valence-corrected chi connectivity index (χ3v) is 3.73. The third-order valence-electron chi connectivity index (χ3n) is 3.73. The van der Waals surface area contributed by atoms with Crippen LogP contribution in [0.2, 0.25) is 0 Å². The van der Waals surface area contributed by atoms with Crippen molar-refractivity contribution >= 4 is 5.91 Å². The first-order valence-electron chi connectivity index (χ1n) is 7.06. The van der Waals surface area contributed by atoms with Crippen LogP contribution in [0, 0.1) is 12.8 Å². The molecule has 1 aliphatic heterocycles. The van der Waals surface area contributed by atoms with Gasteiger partial charge in [-0.3, -0.25) is 4.79 Å². The second-order valence-electron chi connectivity index (χ2n) is 5.30. The monoisotopic (exact) mass is 287 g/mol. The number of amides is 1. The molecule has 0 saturated carbocycles. The van der Waals surface area contributed by atoms with Gasteiger partial charge in [0.1, 0.15) is 6.33 Å². The molecule has 21 heavy (non-hydrogen) atoms. The maximum absolute atomic E-state index is 12.3. The molecule has 0 aliphatic carbocycles. The molecule has 1 aliphatic rings. The summed E-state index contributed by atoms with van der Waals surface area (Å²) in [5, 5.41) is 3.90. The highest BCUT2D eigenvalue weighted by atomic mass is 16.5. The summed E-state index contributed by atoms with van der Waals surface area (Å²) in [5.74, 6) is 1.83. The summed E-state index contributed by atoms with van der Waals surface area (Å²) in [5.41, 5.74) is 0.548. The lowest BCUT2D eigenvalue weighted by Crippen LogP contribution is -2.28. The van der Waals surface area contributed by atoms with E-state index in [1.807, 2.05) is 4.90 Å². The molecule has 7 nitrogen and oxygen atoms in total. The van der Waals surface area contributed by atoms with Gasteiger partial charge in [0.2, 0.25) is 5.89 Å². The smallest absolute Gasteiger partial charge is 0.256 e. The van der Waals surface area contributed by atoms with Crippen molar-refractivity contribution in [1.29, 1.82) is 0 Å². The van der Waals surface area contributed by atoms with Gasteiger partial charge in [-0.05, 0) is 18.8 Å². The molecule has 0 spiro atoms. The first-order valence-corrected chi connectivity index (χ1v) is 7.06. The highest BCUT2D eigenvalue weighted by molar-refractivity contribution is 5.93. The Morgan fingerprint density at radius 3 is 2.95 bits per heavy atom. The molecular formula is C14H17N5O2. The first kappa shape index (κ1) is 13.7. The van der Waals surface area contributed by atoms with Gasteiger partial charge in [0.05, 0.1) is 5.56 Å². The van der Waals surface area contributed by atoms with E-state index in [0.29, 0.717) is 17.4 Å². The van der Waals surface area contributed by atoms with E-state index in [2.05, 4.69) is 20.1 Å². The molecule has 0 radical (unpaired) electrons. The Kier molecular flexibility index (Phi) is 3.89. The van der Waals surface area contributed by atoms with E-state index in [0.717, 1.165) is 38.2 Å². The maximum Gasteiger partial charge on any atom is 0.256 e.